The Bertz CT molecular complexity index is 2070. The van der Waals surface area contributed by atoms with E-state index in [9.17, 15) is 14.4 Å². The van der Waals surface area contributed by atoms with E-state index < -0.39 is 11.5 Å². The highest BCUT2D eigenvalue weighted by Gasteiger charge is 2.69. The summed E-state index contributed by atoms with van der Waals surface area (Å²) in [5.41, 5.74) is 4.52. The van der Waals surface area contributed by atoms with Crippen LogP contribution in [-0.4, -0.2) is 64.3 Å². The second kappa shape index (κ2) is 11.6. The zero-order chi connectivity index (χ0) is 33.2. The van der Waals surface area contributed by atoms with E-state index >= 15 is 0 Å². The molecule has 5 heterocycles. The molecule has 12 heteroatoms. The number of carbonyl (C=O) groups is 3. The fourth-order valence-electron chi connectivity index (χ4n) is 6.81. The third kappa shape index (κ3) is 5.48. The molecule has 0 spiro atoms. The molecule has 1 aliphatic carbocycles. The van der Waals surface area contributed by atoms with Gasteiger partial charge in [0.15, 0.2) is 11.6 Å². The van der Waals surface area contributed by atoms with Crippen molar-refractivity contribution in [3.63, 3.8) is 0 Å². The lowest BCUT2D eigenvalue weighted by Gasteiger charge is -2.27. The van der Waals surface area contributed by atoms with Gasteiger partial charge in [-0.25, -0.2) is 15.0 Å². The zero-order valence-corrected chi connectivity index (χ0v) is 28.4. The Balaban J connectivity index is 1.22. The molecular formula is C35H34BrN7O4. The Hall–Kier alpha value is -4.58. The molecule has 1 amide bonds. The number of hydrogen-bond acceptors (Lipinski definition) is 9. The average Bonchev–Trinajstić information content (AvgIpc) is 3.36. The third-order valence-electron chi connectivity index (χ3n) is 9.53. The van der Waals surface area contributed by atoms with Crippen LogP contribution in [0.3, 0.4) is 0 Å². The van der Waals surface area contributed by atoms with Crippen LogP contribution in [0.2, 0.25) is 0 Å². The highest BCUT2D eigenvalue weighted by atomic mass is 79.9. The summed E-state index contributed by atoms with van der Waals surface area (Å²) < 4.78 is 8.06. The van der Waals surface area contributed by atoms with Crippen molar-refractivity contribution in [2.45, 2.75) is 83.8 Å². The summed E-state index contributed by atoms with van der Waals surface area (Å²) in [7, 11) is 0. The quantitative estimate of drug-likeness (QED) is 0.140. The Labute approximate surface area is 279 Å². The molecule has 7 rings (SSSR count). The van der Waals surface area contributed by atoms with E-state index in [4.69, 9.17) is 4.52 Å². The number of piperidine rings is 1. The highest BCUT2D eigenvalue weighted by Crippen LogP contribution is 2.61. The number of rotatable bonds is 9. The third-order valence-corrected chi connectivity index (χ3v) is 9.97. The van der Waals surface area contributed by atoms with Gasteiger partial charge in [0, 0.05) is 42.4 Å². The number of ketones is 2. The molecule has 47 heavy (non-hydrogen) atoms. The smallest absolute Gasteiger partial charge is 0.245 e. The predicted molar refractivity (Wildman–Crippen MR) is 177 cm³/mol. The standard InChI is InChI=1S/C35H34BrN7O4/c1-18(2)25-12-31(47-41-25)35-13-28(29(45)11-26-19(3)6-9-32(36)39-26)43(30(35)14-35)33(46)17-42-27-8-7-22(23-15-37-21(5)38-16-23)10-24(27)34(40-42)20(4)44/h6-10,12,15-16,18,28,30H,11,13-14,17H2,1-5H3/t28-,30+,35+/m0/s1. The fraction of sp³-hybridized carbons (Fsp3) is 0.371. The van der Waals surface area contributed by atoms with E-state index in [2.05, 4.69) is 55.0 Å². The van der Waals surface area contributed by atoms with Crippen LogP contribution in [0.1, 0.15) is 78.6 Å². The number of pyridine rings is 1. The van der Waals surface area contributed by atoms with Gasteiger partial charge in [-0.3, -0.25) is 19.1 Å². The topological polar surface area (TPSA) is 137 Å². The number of aryl methyl sites for hydroxylation is 2. The number of halogens is 1. The van der Waals surface area contributed by atoms with Crippen LogP contribution in [0.5, 0.6) is 0 Å². The molecule has 2 fully saturated rings. The molecule has 4 aromatic heterocycles. The fourth-order valence-corrected chi connectivity index (χ4v) is 7.15. The Morgan fingerprint density at radius 2 is 1.81 bits per heavy atom. The van der Waals surface area contributed by atoms with Gasteiger partial charge in [0.05, 0.1) is 34.8 Å². The van der Waals surface area contributed by atoms with Crippen LogP contribution < -0.4 is 0 Å². The second-order valence-corrected chi connectivity index (χ2v) is 13.8. The van der Waals surface area contributed by atoms with E-state index in [1.807, 2.05) is 50.2 Å². The van der Waals surface area contributed by atoms with Gasteiger partial charge >= 0.3 is 0 Å². The molecule has 2 aliphatic rings. The van der Waals surface area contributed by atoms with Gasteiger partial charge in [0.25, 0.3) is 0 Å². The van der Waals surface area contributed by atoms with Crippen molar-refractivity contribution >= 4 is 44.3 Å². The maximum atomic E-state index is 14.3. The number of nitrogens with zero attached hydrogens (tertiary/aromatic N) is 7. The molecule has 1 saturated carbocycles. The second-order valence-electron chi connectivity index (χ2n) is 13.0. The first-order valence-corrected chi connectivity index (χ1v) is 16.5. The Morgan fingerprint density at radius 3 is 2.51 bits per heavy atom. The van der Waals surface area contributed by atoms with E-state index in [0.29, 0.717) is 45.6 Å². The Morgan fingerprint density at radius 1 is 1.04 bits per heavy atom. The summed E-state index contributed by atoms with van der Waals surface area (Å²) in [5, 5.41) is 9.52. The molecule has 0 radical (unpaired) electrons. The first-order valence-electron chi connectivity index (χ1n) is 15.7. The van der Waals surface area contributed by atoms with Gasteiger partial charge in [0.2, 0.25) is 5.91 Å². The number of benzene rings is 1. The molecule has 11 nitrogen and oxygen atoms in total. The van der Waals surface area contributed by atoms with Crippen molar-refractivity contribution in [3.8, 4) is 11.1 Å². The maximum absolute atomic E-state index is 14.3. The summed E-state index contributed by atoms with van der Waals surface area (Å²) in [5.74, 6) is 1.03. The summed E-state index contributed by atoms with van der Waals surface area (Å²) in [6, 6.07) is 10.5. The lowest BCUT2D eigenvalue weighted by Crippen LogP contribution is -2.45. The summed E-state index contributed by atoms with van der Waals surface area (Å²) in [6.45, 7) is 9.18. The molecular weight excluding hydrogens is 662 g/mol. The number of carbonyl (C=O) groups excluding carboxylic acids is 3. The normalized spacial score (nSPS) is 20.2. The first-order chi connectivity index (χ1) is 22.4. The van der Waals surface area contributed by atoms with E-state index in [1.165, 1.54) is 6.92 Å². The number of Topliss-reactive ketones (excluding diaryl/α,β-unsaturated/α-hetero) is 2. The van der Waals surface area contributed by atoms with Crippen LogP contribution in [0.25, 0.3) is 22.0 Å². The van der Waals surface area contributed by atoms with Crippen LogP contribution >= 0.6 is 15.9 Å². The molecule has 0 N–H and O–H groups in total. The lowest BCUT2D eigenvalue weighted by molar-refractivity contribution is -0.139. The minimum atomic E-state index is -0.670. The molecule has 1 saturated heterocycles. The molecule has 1 aliphatic heterocycles. The summed E-state index contributed by atoms with van der Waals surface area (Å²) >= 11 is 3.42. The van der Waals surface area contributed by atoms with E-state index in [1.54, 1.807) is 22.0 Å². The predicted octanol–water partition coefficient (Wildman–Crippen LogP) is 5.70. The molecule has 0 bridgehead atoms. The zero-order valence-electron chi connectivity index (χ0n) is 26.8. The monoisotopic (exact) mass is 695 g/mol. The highest BCUT2D eigenvalue weighted by molar-refractivity contribution is 9.10. The SMILES string of the molecule is CC(=O)c1nn(CC(=O)N2[C@H](C(=O)Cc3nc(Br)ccc3C)C[C@@]3(c4cc(C(C)C)no4)C[C@@H]23)c2ccc(-c3cnc(C)nc3)cc12. The average molecular weight is 697 g/mol. The van der Waals surface area contributed by atoms with Crippen molar-refractivity contribution in [3.05, 3.63) is 87.6 Å². The first kappa shape index (κ1) is 31.0. The van der Waals surface area contributed by atoms with Gasteiger partial charge in [-0.15, -0.1) is 0 Å². The molecule has 5 aromatic rings. The minimum absolute atomic E-state index is 0.0815. The lowest BCUT2D eigenvalue weighted by atomic mass is 9.92. The number of amides is 1. The van der Waals surface area contributed by atoms with Gasteiger partial charge < -0.3 is 9.42 Å². The summed E-state index contributed by atoms with van der Waals surface area (Å²) in [4.78, 5) is 55.9. The van der Waals surface area contributed by atoms with Crippen molar-refractivity contribution in [1.29, 1.82) is 0 Å². The van der Waals surface area contributed by atoms with Crippen LogP contribution in [-0.2, 0) is 28.0 Å². The number of hydrogen-bond donors (Lipinski definition) is 0. The van der Waals surface area contributed by atoms with Gasteiger partial charge in [-0.2, -0.15) is 5.10 Å². The minimum Gasteiger partial charge on any atom is -0.360 e. The van der Waals surface area contributed by atoms with Crippen LogP contribution in [0.15, 0.2) is 57.9 Å². The Kier molecular flexibility index (Phi) is 7.65. The van der Waals surface area contributed by atoms with Gasteiger partial charge in [-0.05, 0) is 77.9 Å². The molecule has 1 aromatic carbocycles. The van der Waals surface area contributed by atoms with Crippen LogP contribution in [0, 0.1) is 13.8 Å². The van der Waals surface area contributed by atoms with Gasteiger partial charge in [-0.1, -0.05) is 31.1 Å². The van der Waals surface area contributed by atoms with Crippen molar-refractivity contribution in [2.75, 3.05) is 0 Å². The van der Waals surface area contributed by atoms with Crippen LogP contribution in [0.4, 0.5) is 0 Å². The van der Waals surface area contributed by atoms with Gasteiger partial charge in [0.1, 0.15) is 28.4 Å². The molecule has 240 valence electrons. The van der Waals surface area contributed by atoms with Crippen molar-refractivity contribution in [2.24, 2.45) is 0 Å². The van der Waals surface area contributed by atoms with E-state index in [0.717, 1.165) is 22.4 Å². The van der Waals surface area contributed by atoms with E-state index in [-0.39, 0.29) is 48.1 Å². The maximum Gasteiger partial charge on any atom is 0.245 e. The van der Waals surface area contributed by atoms with Crippen molar-refractivity contribution in [1.82, 2.24) is 34.8 Å². The number of likely N-dealkylation sites (tertiary alicyclic amines) is 1. The number of fused-ring (bicyclic) bond motifs is 2. The van der Waals surface area contributed by atoms with Crippen molar-refractivity contribution < 1.29 is 18.9 Å². The summed E-state index contributed by atoms with van der Waals surface area (Å²) in [6.07, 6.45) is 4.70. The largest absolute Gasteiger partial charge is 0.360 e. The molecule has 0 unspecified atom stereocenters. The molecule has 3 atom stereocenters. The number of aromatic nitrogens is 6.